The summed E-state index contributed by atoms with van der Waals surface area (Å²) in [6.07, 6.45) is -3.40. The molecule has 0 aliphatic heterocycles. The first kappa shape index (κ1) is 13.9. The Morgan fingerprint density at radius 1 is 1.20 bits per heavy atom. The Hall–Kier alpha value is -2.57. The molecule has 1 aromatic carbocycles. The fourth-order valence-electron chi connectivity index (χ4n) is 1.42. The molecule has 104 valence electrons. The summed E-state index contributed by atoms with van der Waals surface area (Å²) in [5, 5.41) is 8.69. The Kier molecular flexibility index (Phi) is 3.60. The van der Waals surface area contributed by atoms with Crippen LogP contribution in [-0.2, 0) is 6.18 Å². The number of carboxylic acid groups (broad SMARTS) is 1. The molecule has 0 fully saturated rings. The molecule has 0 unspecified atom stereocenters. The van der Waals surface area contributed by atoms with Crippen LogP contribution in [0.15, 0.2) is 42.6 Å². The lowest BCUT2D eigenvalue weighted by molar-refractivity contribution is -0.137. The van der Waals surface area contributed by atoms with Gasteiger partial charge in [-0.3, -0.25) is 0 Å². The van der Waals surface area contributed by atoms with E-state index in [4.69, 9.17) is 9.84 Å². The van der Waals surface area contributed by atoms with Crippen molar-refractivity contribution in [3.63, 3.8) is 0 Å². The number of ether oxygens (including phenoxy) is 1. The number of aromatic carboxylic acids is 1. The molecule has 4 nitrogen and oxygen atoms in total. The van der Waals surface area contributed by atoms with Gasteiger partial charge in [0.15, 0.2) is 0 Å². The van der Waals surface area contributed by atoms with Gasteiger partial charge in [-0.15, -0.1) is 0 Å². The van der Waals surface area contributed by atoms with Gasteiger partial charge in [-0.05, 0) is 24.3 Å². The molecule has 0 aliphatic carbocycles. The number of alkyl halides is 3. The summed E-state index contributed by atoms with van der Waals surface area (Å²) in [5.74, 6) is -1.17. The number of rotatable bonds is 3. The Labute approximate surface area is 111 Å². The van der Waals surface area contributed by atoms with Crippen molar-refractivity contribution in [1.82, 2.24) is 4.98 Å². The van der Waals surface area contributed by atoms with Gasteiger partial charge in [-0.2, -0.15) is 13.2 Å². The summed E-state index contributed by atoms with van der Waals surface area (Å²) in [5.41, 5.74) is -0.876. The lowest BCUT2D eigenvalue weighted by Gasteiger charge is -2.09. The zero-order valence-corrected chi connectivity index (χ0v) is 9.89. The number of benzene rings is 1. The molecule has 0 spiro atoms. The molecule has 7 heteroatoms. The molecule has 0 radical (unpaired) electrons. The minimum absolute atomic E-state index is 0.00863. The molecule has 0 atom stereocenters. The lowest BCUT2D eigenvalue weighted by Crippen LogP contribution is -2.04. The van der Waals surface area contributed by atoms with Gasteiger partial charge in [-0.1, -0.05) is 6.07 Å². The van der Waals surface area contributed by atoms with Gasteiger partial charge >= 0.3 is 12.1 Å². The zero-order valence-electron chi connectivity index (χ0n) is 9.89. The molecule has 1 heterocycles. The van der Waals surface area contributed by atoms with Crippen molar-refractivity contribution in [2.24, 2.45) is 0 Å². The van der Waals surface area contributed by atoms with Gasteiger partial charge in [0.05, 0.1) is 11.1 Å². The quantitative estimate of drug-likeness (QED) is 0.935. The highest BCUT2D eigenvalue weighted by Crippen LogP contribution is 2.32. The highest BCUT2D eigenvalue weighted by atomic mass is 19.4. The number of halogens is 3. The molecule has 0 aliphatic rings. The van der Waals surface area contributed by atoms with Crippen molar-refractivity contribution in [2.75, 3.05) is 0 Å². The minimum Gasteiger partial charge on any atom is -0.478 e. The average Bonchev–Trinajstić information content (AvgIpc) is 2.38. The highest BCUT2D eigenvalue weighted by Gasteiger charge is 2.30. The minimum atomic E-state index is -4.46. The molecular formula is C13H8F3NO3. The molecule has 20 heavy (non-hydrogen) atoms. The van der Waals surface area contributed by atoms with E-state index in [0.29, 0.717) is 0 Å². The first-order valence-electron chi connectivity index (χ1n) is 5.41. The fraction of sp³-hybridized carbons (Fsp3) is 0.0769. The van der Waals surface area contributed by atoms with Gasteiger partial charge < -0.3 is 9.84 Å². The second-order valence-corrected chi connectivity index (χ2v) is 3.82. The van der Waals surface area contributed by atoms with Gasteiger partial charge in [0.1, 0.15) is 5.75 Å². The summed E-state index contributed by atoms with van der Waals surface area (Å²) in [4.78, 5) is 14.3. The van der Waals surface area contributed by atoms with Crippen molar-refractivity contribution < 1.29 is 27.8 Å². The second kappa shape index (κ2) is 5.20. The SMILES string of the molecule is O=C(O)c1ccc(Oc2cccc(C(F)(F)F)c2)nc1. The largest absolute Gasteiger partial charge is 0.478 e. The number of aromatic nitrogens is 1. The highest BCUT2D eigenvalue weighted by molar-refractivity contribution is 5.87. The van der Waals surface area contributed by atoms with E-state index >= 15 is 0 Å². The third-order valence-electron chi connectivity index (χ3n) is 2.37. The van der Waals surface area contributed by atoms with Crippen molar-refractivity contribution in [3.8, 4) is 11.6 Å². The van der Waals surface area contributed by atoms with Gasteiger partial charge in [-0.25, -0.2) is 9.78 Å². The maximum absolute atomic E-state index is 12.5. The molecule has 0 saturated heterocycles. The van der Waals surface area contributed by atoms with Crippen LogP contribution in [0.1, 0.15) is 15.9 Å². The van der Waals surface area contributed by atoms with Crippen molar-refractivity contribution in [3.05, 3.63) is 53.7 Å². The predicted octanol–water partition coefficient (Wildman–Crippen LogP) is 3.59. The predicted molar refractivity (Wildman–Crippen MR) is 62.7 cm³/mol. The van der Waals surface area contributed by atoms with Crippen LogP contribution in [0.4, 0.5) is 13.2 Å². The van der Waals surface area contributed by atoms with Gasteiger partial charge in [0.25, 0.3) is 0 Å². The second-order valence-electron chi connectivity index (χ2n) is 3.82. The maximum atomic E-state index is 12.5. The summed E-state index contributed by atoms with van der Waals surface area (Å²) in [6, 6.07) is 6.84. The van der Waals surface area contributed by atoms with Crippen LogP contribution in [0.5, 0.6) is 11.6 Å². The first-order chi connectivity index (χ1) is 9.36. The molecule has 0 bridgehead atoms. The molecule has 1 aromatic heterocycles. The normalized spacial score (nSPS) is 11.2. The van der Waals surface area contributed by atoms with Crippen molar-refractivity contribution >= 4 is 5.97 Å². The number of pyridine rings is 1. The third-order valence-corrected chi connectivity index (χ3v) is 2.37. The van der Waals surface area contributed by atoms with E-state index < -0.39 is 17.7 Å². The number of nitrogens with zero attached hydrogens (tertiary/aromatic N) is 1. The zero-order chi connectivity index (χ0) is 14.8. The van der Waals surface area contributed by atoms with Crippen LogP contribution in [0.25, 0.3) is 0 Å². The Morgan fingerprint density at radius 2 is 1.95 bits per heavy atom. The molecule has 2 aromatic rings. The standard InChI is InChI=1S/C13H8F3NO3/c14-13(15,16)9-2-1-3-10(6-9)20-11-5-4-8(7-17-11)12(18)19/h1-7H,(H,18,19). The lowest BCUT2D eigenvalue weighted by atomic mass is 10.2. The van der Waals surface area contributed by atoms with E-state index in [-0.39, 0.29) is 17.2 Å². The Balaban J connectivity index is 2.20. The van der Waals surface area contributed by atoms with Crippen molar-refractivity contribution in [2.45, 2.75) is 6.18 Å². The van der Waals surface area contributed by atoms with E-state index in [1.165, 1.54) is 24.3 Å². The molecule has 1 N–H and O–H groups in total. The molecule has 0 amide bonds. The van der Waals surface area contributed by atoms with Crippen LogP contribution in [0.2, 0.25) is 0 Å². The molecule has 2 rings (SSSR count). The smallest absolute Gasteiger partial charge is 0.416 e. The van der Waals surface area contributed by atoms with Crippen LogP contribution in [0.3, 0.4) is 0 Å². The average molecular weight is 283 g/mol. The Morgan fingerprint density at radius 3 is 2.50 bits per heavy atom. The van der Waals surface area contributed by atoms with Crippen molar-refractivity contribution in [1.29, 1.82) is 0 Å². The maximum Gasteiger partial charge on any atom is 0.416 e. The van der Waals surface area contributed by atoms with Crippen LogP contribution < -0.4 is 4.74 Å². The van der Waals surface area contributed by atoms with Gasteiger partial charge in [0, 0.05) is 12.3 Å². The summed E-state index contributed by atoms with van der Waals surface area (Å²) in [7, 11) is 0. The van der Waals surface area contributed by atoms with E-state index in [0.717, 1.165) is 18.3 Å². The van der Waals surface area contributed by atoms with Crippen LogP contribution in [-0.4, -0.2) is 16.1 Å². The number of hydrogen-bond acceptors (Lipinski definition) is 3. The first-order valence-corrected chi connectivity index (χ1v) is 5.41. The third kappa shape index (κ3) is 3.25. The number of carbonyl (C=O) groups is 1. The van der Waals surface area contributed by atoms with E-state index in [9.17, 15) is 18.0 Å². The van der Waals surface area contributed by atoms with E-state index in [2.05, 4.69) is 4.98 Å². The van der Waals surface area contributed by atoms with E-state index in [1.807, 2.05) is 0 Å². The molecular weight excluding hydrogens is 275 g/mol. The van der Waals surface area contributed by atoms with E-state index in [1.54, 1.807) is 0 Å². The fourth-order valence-corrected chi connectivity index (χ4v) is 1.42. The topological polar surface area (TPSA) is 59.4 Å². The van der Waals surface area contributed by atoms with Crippen LogP contribution in [0, 0.1) is 0 Å². The monoisotopic (exact) mass is 283 g/mol. The van der Waals surface area contributed by atoms with Crippen LogP contribution >= 0.6 is 0 Å². The molecule has 0 saturated carbocycles. The number of hydrogen-bond donors (Lipinski definition) is 1. The summed E-state index contributed by atoms with van der Waals surface area (Å²) in [6.45, 7) is 0. The Bertz CT molecular complexity index is 624. The number of carboxylic acids is 1. The summed E-state index contributed by atoms with van der Waals surface area (Å²) < 4.78 is 42.7. The van der Waals surface area contributed by atoms with Gasteiger partial charge in [0.2, 0.25) is 5.88 Å². The summed E-state index contributed by atoms with van der Waals surface area (Å²) >= 11 is 0.